The van der Waals surface area contributed by atoms with Crippen LogP contribution >= 0.6 is 22.6 Å². The van der Waals surface area contributed by atoms with Gasteiger partial charge >= 0.3 is 174 Å². The number of carbonyl (C=O) groups is 1. The second-order valence-electron chi connectivity index (χ2n) is 12.8. The van der Waals surface area contributed by atoms with E-state index < -0.39 is 113 Å². The number of aromatic nitrogens is 10. The van der Waals surface area contributed by atoms with Crippen molar-refractivity contribution in [2.75, 3.05) is 4.43 Å². The second kappa shape index (κ2) is 25.4. The van der Waals surface area contributed by atoms with Crippen molar-refractivity contribution in [3.05, 3.63) is 80.7 Å². The zero-order valence-electron chi connectivity index (χ0n) is 35.8. The first-order valence-electron chi connectivity index (χ1n) is 17.1. The van der Waals surface area contributed by atoms with Gasteiger partial charge in [-0.05, 0) is 13.8 Å². The molecule has 0 spiro atoms. The molecule has 36 heteroatoms. The molecule has 6 rings (SSSR count). The minimum Gasteiger partial charge on any atom is -1.00 e. The maximum Gasteiger partial charge on any atom is 1.00 e. The summed E-state index contributed by atoms with van der Waals surface area (Å²) in [6.07, 6.45) is -17.7. The summed E-state index contributed by atoms with van der Waals surface area (Å²) in [7, 11) is 0. The van der Waals surface area contributed by atoms with Gasteiger partial charge < -0.3 is 21.1 Å². The number of alkyl halides is 17. The number of nitrogens with one attached hydrogen (secondary N) is 1. The molecule has 6 aromatic heterocycles. The van der Waals surface area contributed by atoms with Crippen LogP contribution in [0.3, 0.4) is 0 Å². The van der Waals surface area contributed by atoms with E-state index in [1.807, 2.05) is 28.7 Å². The molecule has 366 valence electrons. The van der Waals surface area contributed by atoms with Gasteiger partial charge in [-0.3, -0.25) is 32.5 Å². The molecule has 0 aromatic carbocycles. The molecule has 0 amide bonds. The molecule has 0 aliphatic carbocycles. The van der Waals surface area contributed by atoms with E-state index >= 15 is 0 Å². The van der Waals surface area contributed by atoms with Crippen molar-refractivity contribution in [1.82, 2.24) is 47.9 Å². The maximum atomic E-state index is 13.6. The van der Waals surface area contributed by atoms with E-state index in [-0.39, 0.29) is 161 Å². The standard InChI is InChI=1S/C16H10F8N6O.C14H9F8N5O.C2H2IN.CH2O3.2Cs.H/c1-8-5-30-12(31)10(11(15(19,20)21)27-13(30)29(8)3-2-25)9-4-26-28(6-9)7-14(17,18)16(22,23)24;1-6-3-27-10(28)8(9(13(17,18)19)25-11(27)24-6)7-2-23-26(4-7)5-12(15,16)14(20,21)22;3-1-2-4;2-1-4-3;;;/h4-6H,3,7H2,1H3;2-4H,5H2,1H3,(H,24,25);1H2;1,3H;;;/q;;;;2*+1;-1/p-1. The monoisotopic (exact) mass is 1360 g/mol. The summed E-state index contributed by atoms with van der Waals surface area (Å²) in [6.45, 7) is -1.67. The molecule has 1 N–H and O–H groups in total. The van der Waals surface area contributed by atoms with Gasteiger partial charge in [-0.2, -0.15) is 91.0 Å². The number of imidazole rings is 2. The van der Waals surface area contributed by atoms with Crippen LogP contribution in [0.5, 0.6) is 0 Å². The van der Waals surface area contributed by atoms with Gasteiger partial charge in [0.2, 0.25) is 11.6 Å². The van der Waals surface area contributed by atoms with E-state index in [1.54, 1.807) is 6.07 Å². The molecule has 6 heterocycles. The Balaban J connectivity index is 0.00000114. The summed E-state index contributed by atoms with van der Waals surface area (Å²) in [5.74, 6) is -11.3. The quantitative estimate of drug-likeness (QED) is 0.0546. The van der Waals surface area contributed by atoms with E-state index in [0.717, 1.165) is 25.8 Å². The number of fused-ring (bicyclic) bond motifs is 2. The first-order chi connectivity index (χ1) is 30.7. The van der Waals surface area contributed by atoms with Crippen LogP contribution in [0, 0.1) is 36.5 Å². The maximum absolute atomic E-state index is 13.6. The zero-order valence-corrected chi connectivity index (χ0v) is 49.5. The Morgan fingerprint density at radius 3 is 1.49 bits per heavy atom. The first kappa shape index (κ1) is 64.4. The molecule has 6 aromatic rings. The molecule has 0 aliphatic heterocycles. The molecule has 0 fully saturated rings. The molecule has 0 saturated heterocycles. The van der Waals surface area contributed by atoms with Crippen LogP contribution in [0.15, 0.2) is 46.8 Å². The van der Waals surface area contributed by atoms with Gasteiger partial charge in [0.25, 0.3) is 17.6 Å². The van der Waals surface area contributed by atoms with E-state index in [4.69, 9.17) is 20.6 Å². The number of nitrogens with zero attached hydrogens (tertiary/aromatic N) is 11. The Morgan fingerprint density at radius 2 is 1.13 bits per heavy atom. The van der Waals surface area contributed by atoms with Crippen molar-refractivity contribution >= 4 is 40.6 Å². The number of aromatic amines is 1. The van der Waals surface area contributed by atoms with Crippen LogP contribution in [0.4, 0.5) is 70.2 Å². The minimum atomic E-state index is -5.91. The number of H-pyrrole nitrogens is 1. The van der Waals surface area contributed by atoms with Crippen molar-refractivity contribution in [3.8, 4) is 34.4 Å². The summed E-state index contributed by atoms with van der Waals surface area (Å²) in [5.41, 5.74) is -8.58. The predicted molar refractivity (Wildman–Crippen MR) is 198 cm³/mol. The Bertz CT molecular complexity index is 2930. The Hall–Kier alpha value is -2.62. The molecule has 0 saturated carbocycles. The van der Waals surface area contributed by atoms with Gasteiger partial charge in [0.1, 0.15) is 19.6 Å². The smallest absolute Gasteiger partial charge is 1.00 e. The van der Waals surface area contributed by atoms with Gasteiger partial charge in [-0.1, -0.05) is 22.6 Å². The van der Waals surface area contributed by atoms with Gasteiger partial charge in [0, 0.05) is 47.3 Å². The van der Waals surface area contributed by atoms with Crippen LogP contribution in [0.2, 0.25) is 0 Å². The first-order valence-corrected chi connectivity index (χ1v) is 18.6. The van der Waals surface area contributed by atoms with Gasteiger partial charge in [0.05, 0.1) is 40.1 Å². The molecule has 0 aliphatic rings. The Labute approximate surface area is 505 Å². The minimum absolute atomic E-state index is 0. The van der Waals surface area contributed by atoms with Crippen LogP contribution in [-0.2, 0) is 41.7 Å². The largest absolute Gasteiger partial charge is 1.00 e. The number of aryl methyl sites for hydroxylation is 2. The zero-order chi connectivity index (χ0) is 51.2. The van der Waals surface area contributed by atoms with Crippen LogP contribution in [-0.4, -0.2) is 83.0 Å². The van der Waals surface area contributed by atoms with E-state index in [9.17, 15) is 79.8 Å². The fourth-order valence-corrected chi connectivity index (χ4v) is 5.33. The van der Waals surface area contributed by atoms with Crippen molar-refractivity contribution in [3.63, 3.8) is 0 Å². The van der Waals surface area contributed by atoms with Gasteiger partial charge in [0.15, 0.2) is 11.4 Å². The summed E-state index contributed by atoms with van der Waals surface area (Å²) >= 11 is 1.99. The number of halogens is 17. The van der Waals surface area contributed by atoms with Gasteiger partial charge in [-0.15, -0.1) is 0 Å². The molecular weight excluding hydrogens is 1340 g/mol. The molecule has 0 bridgehead atoms. The van der Waals surface area contributed by atoms with Crippen molar-refractivity contribution in [2.45, 2.75) is 70.0 Å². The second-order valence-corrected chi connectivity index (χ2v) is 13.6. The van der Waals surface area contributed by atoms with Crippen molar-refractivity contribution in [2.24, 2.45) is 0 Å². The van der Waals surface area contributed by atoms with E-state index in [1.165, 1.54) is 13.8 Å². The van der Waals surface area contributed by atoms with Crippen LogP contribution < -0.4 is 154 Å². The fourth-order valence-electron chi connectivity index (χ4n) is 5.33. The van der Waals surface area contributed by atoms with Crippen LogP contribution in [0.1, 0.15) is 24.2 Å². The number of nitriles is 2. The molecule has 17 nitrogen and oxygen atoms in total. The molecule has 0 unspecified atom stereocenters. The average Bonchev–Trinajstić information content (AvgIpc) is 4.00. The number of carbonyl (C=O) groups excluding carboxylic acids is 1. The van der Waals surface area contributed by atoms with Crippen molar-refractivity contribution in [1.29, 1.82) is 10.5 Å². The average molecular weight is 1360 g/mol. The van der Waals surface area contributed by atoms with Crippen molar-refractivity contribution < 1.29 is 224 Å². The molecule has 0 atom stereocenters. The number of hydrogen-bond donors (Lipinski definition) is 1. The van der Waals surface area contributed by atoms with E-state index in [0.29, 0.717) is 34.9 Å². The summed E-state index contributed by atoms with van der Waals surface area (Å²) in [5, 5.41) is 31.4. The van der Waals surface area contributed by atoms with E-state index in [2.05, 4.69) is 30.0 Å². The molecule has 69 heavy (non-hydrogen) atoms. The summed E-state index contributed by atoms with van der Waals surface area (Å²) in [4.78, 5) is 45.8. The molecular formula is C33H23Cs2F16IN12O5. The third kappa shape index (κ3) is 15.9. The number of hydrogen-bond acceptors (Lipinski definition) is 11. The fraction of sp³-hybridized carbons (Fsp3) is 0.364. The SMILES string of the molecule is Cc1cn2c(=O)c(-c3cnn(CC(F)(F)C(F)(F)F)c3)c(C(F)(F)F)nc2[nH]1.Cc1cn2c(=O)c(-c3cnn(CC(F)(F)C(F)(F)F)c3)c(C(F)(F)F)nc2n1CC#N.N#CCI.O=CO[O-].[Cs+].[Cs+].[H-]. The van der Waals surface area contributed by atoms with Gasteiger partial charge in [-0.25, -0.2) is 9.97 Å². The summed E-state index contributed by atoms with van der Waals surface area (Å²) < 4.78 is 211. The third-order valence-electron chi connectivity index (χ3n) is 8.09. The van der Waals surface area contributed by atoms with Crippen LogP contribution in [0.25, 0.3) is 33.8 Å². The Kier molecular flexibility index (Phi) is 23.7. The third-order valence-corrected chi connectivity index (χ3v) is 8.43. The topological polar surface area (TPSA) is 222 Å². The number of rotatable bonds is 8. The molecule has 0 radical (unpaired) electrons. The Morgan fingerprint density at radius 1 is 0.725 bits per heavy atom. The normalized spacial score (nSPS) is 11.9. The predicted octanol–water partition coefficient (Wildman–Crippen LogP) is 0.319. The summed E-state index contributed by atoms with van der Waals surface area (Å²) in [6, 6.07) is 3.63.